The predicted octanol–water partition coefficient (Wildman–Crippen LogP) is 3.69. The van der Waals surface area contributed by atoms with Crippen LogP contribution in [-0.4, -0.2) is 25.0 Å². The van der Waals surface area contributed by atoms with Crippen LogP contribution in [-0.2, 0) is 0 Å². The van der Waals surface area contributed by atoms with Crippen molar-refractivity contribution < 1.29 is 9.53 Å². The number of hydrogen-bond acceptors (Lipinski definition) is 4. The first-order chi connectivity index (χ1) is 10.0. The third kappa shape index (κ3) is 3.77. The Bertz CT molecular complexity index is 677. The van der Waals surface area contributed by atoms with Gasteiger partial charge in [0.15, 0.2) is 0 Å². The van der Waals surface area contributed by atoms with E-state index in [1.807, 2.05) is 0 Å². The van der Waals surface area contributed by atoms with Crippen LogP contribution >= 0.6 is 23.2 Å². The molecule has 1 aromatic carbocycles. The lowest BCUT2D eigenvalue weighted by molar-refractivity contribution is 0.102. The van der Waals surface area contributed by atoms with Crippen molar-refractivity contribution in [1.29, 1.82) is 0 Å². The van der Waals surface area contributed by atoms with Crippen LogP contribution in [0.3, 0.4) is 0 Å². The van der Waals surface area contributed by atoms with Gasteiger partial charge in [-0.15, -0.1) is 0 Å². The average Bonchev–Trinajstić information content (AvgIpc) is 2.46. The number of anilines is 2. The van der Waals surface area contributed by atoms with Crippen molar-refractivity contribution >= 4 is 40.6 Å². The van der Waals surface area contributed by atoms with Gasteiger partial charge in [0.2, 0.25) is 0 Å². The molecule has 7 heteroatoms. The lowest BCUT2D eigenvalue weighted by Gasteiger charge is -2.11. The highest BCUT2D eigenvalue weighted by atomic mass is 35.5. The summed E-state index contributed by atoms with van der Waals surface area (Å²) in [5.74, 6) is 0.684. The third-order valence-corrected chi connectivity index (χ3v) is 3.15. The second-order valence-electron chi connectivity index (χ2n) is 4.11. The lowest BCUT2D eigenvalue weighted by Crippen LogP contribution is -2.13. The van der Waals surface area contributed by atoms with Crippen molar-refractivity contribution in [2.75, 3.05) is 24.8 Å². The Morgan fingerprint density at radius 2 is 2.00 bits per heavy atom. The summed E-state index contributed by atoms with van der Waals surface area (Å²) >= 11 is 11.8. The summed E-state index contributed by atoms with van der Waals surface area (Å²) in [5, 5.41) is 6.29. The highest BCUT2D eigenvalue weighted by Gasteiger charge is 2.12. The van der Waals surface area contributed by atoms with Crippen LogP contribution < -0.4 is 15.4 Å². The monoisotopic (exact) mass is 325 g/mol. The second-order valence-corrected chi connectivity index (χ2v) is 4.94. The molecule has 5 nitrogen and oxygen atoms in total. The van der Waals surface area contributed by atoms with E-state index in [4.69, 9.17) is 27.9 Å². The molecule has 21 heavy (non-hydrogen) atoms. The fourth-order valence-electron chi connectivity index (χ4n) is 1.73. The Kier molecular flexibility index (Phi) is 4.88. The Morgan fingerprint density at radius 1 is 1.24 bits per heavy atom. The molecule has 1 heterocycles. The number of pyridine rings is 1. The van der Waals surface area contributed by atoms with Crippen molar-refractivity contribution in [3.63, 3.8) is 0 Å². The number of ether oxygens (including phenoxy) is 1. The second kappa shape index (κ2) is 6.65. The smallest absolute Gasteiger partial charge is 0.256 e. The molecule has 2 rings (SSSR count). The van der Waals surface area contributed by atoms with E-state index in [1.165, 1.54) is 13.2 Å². The maximum absolute atomic E-state index is 12.3. The van der Waals surface area contributed by atoms with E-state index >= 15 is 0 Å². The molecule has 2 aromatic rings. The van der Waals surface area contributed by atoms with Crippen molar-refractivity contribution in [2.45, 2.75) is 0 Å². The number of halogens is 2. The fraction of sp³-hybridized carbons (Fsp3) is 0.143. The SMILES string of the molecule is CNc1cc(C(=O)Nc2cc(Cl)ccc2OC)cc(Cl)n1. The lowest BCUT2D eigenvalue weighted by atomic mass is 10.2. The van der Waals surface area contributed by atoms with Gasteiger partial charge in [-0.2, -0.15) is 0 Å². The van der Waals surface area contributed by atoms with Crippen molar-refractivity contribution in [2.24, 2.45) is 0 Å². The molecule has 110 valence electrons. The zero-order valence-electron chi connectivity index (χ0n) is 11.4. The summed E-state index contributed by atoms with van der Waals surface area (Å²) in [4.78, 5) is 16.3. The van der Waals surface area contributed by atoms with Gasteiger partial charge in [-0.25, -0.2) is 4.98 Å². The third-order valence-electron chi connectivity index (χ3n) is 2.72. The van der Waals surface area contributed by atoms with Crippen LogP contribution in [0.4, 0.5) is 11.5 Å². The summed E-state index contributed by atoms with van der Waals surface area (Å²) in [6, 6.07) is 8.04. The Morgan fingerprint density at radius 3 is 2.67 bits per heavy atom. The number of methoxy groups -OCH3 is 1. The zero-order chi connectivity index (χ0) is 15.4. The van der Waals surface area contributed by atoms with Crippen LogP contribution in [0.25, 0.3) is 0 Å². The minimum Gasteiger partial charge on any atom is -0.495 e. The Hall–Kier alpha value is -1.98. The first-order valence-electron chi connectivity index (χ1n) is 6.03. The molecule has 0 saturated carbocycles. The van der Waals surface area contributed by atoms with E-state index in [0.717, 1.165) is 0 Å². The largest absolute Gasteiger partial charge is 0.495 e. The van der Waals surface area contributed by atoms with Gasteiger partial charge >= 0.3 is 0 Å². The van der Waals surface area contributed by atoms with E-state index < -0.39 is 0 Å². The van der Waals surface area contributed by atoms with Gasteiger partial charge in [0.05, 0.1) is 12.8 Å². The Balaban J connectivity index is 2.30. The number of carbonyl (C=O) groups excluding carboxylic acids is 1. The summed E-state index contributed by atoms with van der Waals surface area (Å²) < 4.78 is 5.18. The van der Waals surface area contributed by atoms with Gasteiger partial charge in [0.25, 0.3) is 5.91 Å². The fourth-order valence-corrected chi connectivity index (χ4v) is 2.11. The minimum atomic E-state index is -0.337. The van der Waals surface area contributed by atoms with E-state index in [2.05, 4.69) is 15.6 Å². The van der Waals surface area contributed by atoms with Crippen LogP contribution in [0, 0.1) is 0 Å². The first-order valence-corrected chi connectivity index (χ1v) is 6.79. The van der Waals surface area contributed by atoms with Crippen LogP contribution in [0.5, 0.6) is 5.75 Å². The first kappa shape index (κ1) is 15.4. The highest BCUT2D eigenvalue weighted by molar-refractivity contribution is 6.31. The molecule has 0 bridgehead atoms. The molecule has 2 N–H and O–H groups in total. The molecule has 0 atom stereocenters. The van der Waals surface area contributed by atoms with Gasteiger partial charge in [0, 0.05) is 17.6 Å². The highest BCUT2D eigenvalue weighted by Crippen LogP contribution is 2.28. The number of carbonyl (C=O) groups is 1. The minimum absolute atomic E-state index is 0.227. The van der Waals surface area contributed by atoms with E-state index in [1.54, 1.807) is 31.3 Å². The van der Waals surface area contributed by atoms with Crippen molar-refractivity contribution in [3.8, 4) is 5.75 Å². The quantitative estimate of drug-likeness (QED) is 0.841. The number of benzene rings is 1. The normalized spacial score (nSPS) is 10.1. The zero-order valence-corrected chi connectivity index (χ0v) is 12.9. The van der Waals surface area contributed by atoms with Crippen LogP contribution in [0.15, 0.2) is 30.3 Å². The maximum atomic E-state index is 12.3. The van der Waals surface area contributed by atoms with E-state index in [-0.39, 0.29) is 11.1 Å². The Labute approximate surface area is 132 Å². The van der Waals surface area contributed by atoms with Crippen LogP contribution in [0.1, 0.15) is 10.4 Å². The predicted molar refractivity (Wildman–Crippen MR) is 84.8 cm³/mol. The number of rotatable bonds is 4. The molecule has 0 radical (unpaired) electrons. The molecule has 0 spiro atoms. The summed E-state index contributed by atoms with van der Waals surface area (Å²) in [6.07, 6.45) is 0. The molecule has 0 saturated heterocycles. The van der Waals surface area contributed by atoms with Gasteiger partial charge in [0.1, 0.15) is 16.7 Å². The van der Waals surface area contributed by atoms with E-state index in [9.17, 15) is 4.79 Å². The molecule has 1 amide bonds. The topological polar surface area (TPSA) is 63.2 Å². The average molecular weight is 326 g/mol. The number of nitrogens with zero attached hydrogens (tertiary/aromatic N) is 1. The summed E-state index contributed by atoms with van der Waals surface area (Å²) in [5.41, 5.74) is 0.857. The molecule has 0 aliphatic carbocycles. The van der Waals surface area contributed by atoms with E-state index in [0.29, 0.717) is 27.8 Å². The standard InChI is InChI=1S/C14H13Cl2N3O2/c1-17-13-6-8(5-12(16)19-13)14(20)18-10-7-9(15)3-4-11(10)21-2/h3-7H,1-2H3,(H,17,19)(H,18,20). The van der Waals surface area contributed by atoms with Crippen LogP contribution in [0.2, 0.25) is 10.2 Å². The molecule has 0 unspecified atom stereocenters. The number of nitrogens with one attached hydrogen (secondary N) is 2. The van der Waals surface area contributed by atoms with Crippen molar-refractivity contribution in [1.82, 2.24) is 4.98 Å². The maximum Gasteiger partial charge on any atom is 0.256 e. The summed E-state index contributed by atoms with van der Waals surface area (Å²) in [7, 11) is 3.21. The van der Waals surface area contributed by atoms with Gasteiger partial charge in [-0.3, -0.25) is 4.79 Å². The van der Waals surface area contributed by atoms with Gasteiger partial charge in [-0.05, 0) is 30.3 Å². The molecule has 1 aromatic heterocycles. The molecule has 0 aliphatic heterocycles. The number of hydrogen-bond donors (Lipinski definition) is 2. The summed E-state index contributed by atoms with van der Waals surface area (Å²) in [6.45, 7) is 0. The number of aromatic nitrogens is 1. The van der Waals surface area contributed by atoms with Crippen molar-refractivity contribution in [3.05, 3.63) is 46.1 Å². The molecular formula is C14H13Cl2N3O2. The molecule has 0 fully saturated rings. The molecule has 0 aliphatic rings. The number of amides is 1. The van der Waals surface area contributed by atoms with Gasteiger partial charge < -0.3 is 15.4 Å². The molecular weight excluding hydrogens is 313 g/mol. The van der Waals surface area contributed by atoms with Gasteiger partial charge in [-0.1, -0.05) is 23.2 Å².